The van der Waals surface area contributed by atoms with Crippen LogP contribution in [0.3, 0.4) is 0 Å². The summed E-state index contributed by atoms with van der Waals surface area (Å²) in [5.41, 5.74) is 2.55. The highest BCUT2D eigenvalue weighted by molar-refractivity contribution is 8.00. The van der Waals surface area contributed by atoms with E-state index in [1.54, 1.807) is 32.4 Å². The van der Waals surface area contributed by atoms with Crippen molar-refractivity contribution in [2.24, 2.45) is 0 Å². The van der Waals surface area contributed by atoms with Gasteiger partial charge in [-0.3, -0.25) is 4.79 Å². The first-order valence-corrected chi connectivity index (χ1v) is 10.5. The van der Waals surface area contributed by atoms with Crippen LogP contribution in [0.25, 0.3) is 10.9 Å². The number of anilines is 1. The van der Waals surface area contributed by atoms with Crippen molar-refractivity contribution in [1.82, 2.24) is 4.98 Å². The van der Waals surface area contributed by atoms with Crippen molar-refractivity contribution in [3.8, 4) is 23.0 Å². The van der Waals surface area contributed by atoms with Gasteiger partial charge in [0, 0.05) is 23.2 Å². The maximum absolute atomic E-state index is 12.5. The molecule has 0 saturated carbocycles. The molecule has 7 nitrogen and oxygen atoms in total. The average Bonchev–Trinajstić information content (AvgIpc) is 3.22. The standard InChI is InChI=1S/C22H22N2O5S/c1-4-13-7-14-8-19-20(29-12-28-19)10-16(14)24-22(13)30-11-21(25)23-15-5-6-17(26-2)18(9-15)27-3/h5-10H,4,11-12H2,1-3H3,(H,23,25). The SMILES string of the molecule is CCc1cc2cc3c(cc2nc1SCC(=O)Nc1ccc(OC)c(OC)c1)OCO3. The normalized spacial score (nSPS) is 12.1. The molecule has 0 radical (unpaired) electrons. The van der Waals surface area contributed by atoms with Crippen molar-refractivity contribution < 1.29 is 23.7 Å². The molecule has 1 aliphatic heterocycles. The van der Waals surface area contributed by atoms with E-state index < -0.39 is 0 Å². The van der Waals surface area contributed by atoms with Gasteiger partial charge in [-0.1, -0.05) is 18.7 Å². The summed E-state index contributed by atoms with van der Waals surface area (Å²) in [7, 11) is 3.13. The van der Waals surface area contributed by atoms with Crippen molar-refractivity contribution in [2.45, 2.75) is 18.4 Å². The zero-order chi connectivity index (χ0) is 21.1. The lowest BCUT2D eigenvalue weighted by Gasteiger charge is -2.11. The Morgan fingerprint density at radius 2 is 1.87 bits per heavy atom. The Morgan fingerprint density at radius 3 is 2.60 bits per heavy atom. The van der Waals surface area contributed by atoms with E-state index >= 15 is 0 Å². The van der Waals surface area contributed by atoms with Crippen LogP contribution in [0.4, 0.5) is 5.69 Å². The van der Waals surface area contributed by atoms with Crippen LogP contribution >= 0.6 is 11.8 Å². The van der Waals surface area contributed by atoms with Crippen LogP contribution in [-0.2, 0) is 11.2 Å². The predicted octanol–water partition coefficient (Wildman–Crippen LogP) is 4.27. The van der Waals surface area contributed by atoms with Crippen LogP contribution in [0.5, 0.6) is 23.0 Å². The summed E-state index contributed by atoms with van der Waals surface area (Å²) >= 11 is 1.41. The number of amides is 1. The molecule has 2 heterocycles. The summed E-state index contributed by atoms with van der Waals surface area (Å²) in [5.74, 6) is 2.72. The molecule has 0 unspecified atom stereocenters. The number of aryl methyl sites for hydroxylation is 1. The minimum absolute atomic E-state index is 0.123. The fourth-order valence-corrected chi connectivity index (χ4v) is 4.10. The zero-order valence-electron chi connectivity index (χ0n) is 17.0. The molecule has 1 aromatic heterocycles. The van der Waals surface area contributed by atoms with Crippen molar-refractivity contribution in [3.63, 3.8) is 0 Å². The number of pyridine rings is 1. The van der Waals surface area contributed by atoms with Crippen molar-refractivity contribution in [2.75, 3.05) is 32.1 Å². The van der Waals surface area contributed by atoms with Gasteiger partial charge in [-0.2, -0.15) is 0 Å². The molecular formula is C22H22N2O5S. The second-order valence-electron chi connectivity index (χ2n) is 6.61. The molecule has 0 bridgehead atoms. The Morgan fingerprint density at radius 1 is 1.10 bits per heavy atom. The molecule has 30 heavy (non-hydrogen) atoms. The number of nitrogens with zero attached hydrogens (tertiary/aromatic N) is 1. The fraction of sp³-hybridized carbons (Fsp3) is 0.273. The molecule has 0 aliphatic carbocycles. The predicted molar refractivity (Wildman–Crippen MR) is 116 cm³/mol. The number of hydrogen-bond donors (Lipinski definition) is 1. The Balaban J connectivity index is 1.48. The Kier molecular flexibility index (Phi) is 5.85. The highest BCUT2D eigenvalue weighted by atomic mass is 32.2. The number of hydrogen-bond acceptors (Lipinski definition) is 7. The lowest BCUT2D eigenvalue weighted by molar-refractivity contribution is -0.113. The van der Waals surface area contributed by atoms with E-state index in [2.05, 4.69) is 18.3 Å². The number of thioether (sulfide) groups is 1. The third kappa shape index (κ3) is 4.09. The lowest BCUT2D eigenvalue weighted by atomic mass is 10.1. The summed E-state index contributed by atoms with van der Waals surface area (Å²) < 4.78 is 21.4. The van der Waals surface area contributed by atoms with Crippen LogP contribution in [0.15, 0.2) is 41.4 Å². The molecular weight excluding hydrogens is 404 g/mol. The Hall–Kier alpha value is -3.13. The van der Waals surface area contributed by atoms with Gasteiger partial charge >= 0.3 is 0 Å². The maximum atomic E-state index is 12.5. The second kappa shape index (κ2) is 8.71. The van der Waals surface area contributed by atoms with Gasteiger partial charge in [-0.25, -0.2) is 4.98 Å². The summed E-state index contributed by atoms with van der Waals surface area (Å²) in [6.45, 7) is 2.30. The molecule has 8 heteroatoms. The molecule has 156 valence electrons. The van der Waals surface area contributed by atoms with E-state index in [4.69, 9.17) is 23.9 Å². The molecule has 0 spiro atoms. The number of carbonyl (C=O) groups is 1. The summed E-state index contributed by atoms with van der Waals surface area (Å²) in [5, 5.41) is 4.72. The molecule has 4 rings (SSSR count). The van der Waals surface area contributed by atoms with Gasteiger partial charge in [0.05, 0.1) is 25.5 Å². The van der Waals surface area contributed by atoms with Crippen LogP contribution in [0.1, 0.15) is 12.5 Å². The average molecular weight is 426 g/mol. The molecule has 0 atom stereocenters. The van der Waals surface area contributed by atoms with E-state index in [9.17, 15) is 4.79 Å². The second-order valence-corrected chi connectivity index (χ2v) is 7.58. The van der Waals surface area contributed by atoms with Crippen molar-refractivity contribution in [3.05, 3.63) is 42.0 Å². The lowest BCUT2D eigenvalue weighted by Crippen LogP contribution is -2.14. The zero-order valence-corrected chi connectivity index (χ0v) is 17.8. The van der Waals surface area contributed by atoms with Gasteiger partial charge < -0.3 is 24.3 Å². The van der Waals surface area contributed by atoms with Gasteiger partial charge in [-0.05, 0) is 36.2 Å². The minimum atomic E-state index is -0.123. The topological polar surface area (TPSA) is 78.9 Å². The van der Waals surface area contributed by atoms with E-state index in [0.29, 0.717) is 22.9 Å². The number of fused-ring (bicyclic) bond motifs is 2. The Bertz CT molecular complexity index is 1100. The number of nitrogens with one attached hydrogen (secondary N) is 1. The first-order chi connectivity index (χ1) is 14.6. The number of carbonyl (C=O) groups excluding carboxylic acids is 1. The van der Waals surface area contributed by atoms with Gasteiger partial charge in [0.25, 0.3) is 0 Å². The van der Waals surface area contributed by atoms with Crippen LogP contribution < -0.4 is 24.3 Å². The largest absolute Gasteiger partial charge is 0.493 e. The monoisotopic (exact) mass is 426 g/mol. The highest BCUT2D eigenvalue weighted by Gasteiger charge is 2.17. The van der Waals surface area contributed by atoms with Crippen LogP contribution in [-0.4, -0.2) is 37.7 Å². The summed E-state index contributed by atoms with van der Waals surface area (Å²) in [4.78, 5) is 17.3. The van der Waals surface area contributed by atoms with Crippen molar-refractivity contribution >= 4 is 34.3 Å². The molecule has 0 fully saturated rings. The van der Waals surface area contributed by atoms with E-state index in [0.717, 1.165) is 33.7 Å². The molecule has 3 aromatic rings. The van der Waals surface area contributed by atoms with E-state index in [1.807, 2.05) is 12.1 Å². The summed E-state index contributed by atoms with van der Waals surface area (Å²) in [6.07, 6.45) is 0.816. The number of benzene rings is 2. The minimum Gasteiger partial charge on any atom is -0.493 e. The molecule has 2 aromatic carbocycles. The Labute approximate surface area is 178 Å². The molecule has 1 N–H and O–H groups in total. The number of ether oxygens (including phenoxy) is 4. The maximum Gasteiger partial charge on any atom is 0.234 e. The fourth-order valence-electron chi connectivity index (χ4n) is 3.21. The smallest absolute Gasteiger partial charge is 0.234 e. The number of aromatic nitrogens is 1. The highest BCUT2D eigenvalue weighted by Crippen LogP contribution is 2.37. The quantitative estimate of drug-likeness (QED) is 0.565. The van der Waals surface area contributed by atoms with E-state index in [1.165, 1.54) is 11.8 Å². The molecule has 1 aliphatic rings. The molecule has 0 saturated heterocycles. The van der Waals surface area contributed by atoms with Gasteiger partial charge in [0.15, 0.2) is 23.0 Å². The van der Waals surface area contributed by atoms with Crippen molar-refractivity contribution in [1.29, 1.82) is 0 Å². The first kappa shape index (κ1) is 20.2. The van der Waals surface area contributed by atoms with Gasteiger partial charge in [0.2, 0.25) is 12.7 Å². The van der Waals surface area contributed by atoms with Gasteiger partial charge in [0.1, 0.15) is 5.03 Å². The third-order valence-corrected chi connectivity index (χ3v) is 5.77. The first-order valence-electron chi connectivity index (χ1n) is 9.49. The number of rotatable bonds is 7. The summed E-state index contributed by atoms with van der Waals surface area (Å²) in [6, 6.07) is 11.2. The van der Waals surface area contributed by atoms with Crippen LogP contribution in [0.2, 0.25) is 0 Å². The third-order valence-electron chi connectivity index (χ3n) is 4.74. The molecule has 1 amide bonds. The number of methoxy groups -OCH3 is 2. The van der Waals surface area contributed by atoms with Gasteiger partial charge in [-0.15, -0.1) is 0 Å². The van der Waals surface area contributed by atoms with Crippen LogP contribution in [0, 0.1) is 0 Å². The van der Waals surface area contributed by atoms with E-state index in [-0.39, 0.29) is 18.5 Å².